The molecule has 0 radical (unpaired) electrons. The van der Waals surface area contributed by atoms with E-state index in [0.717, 1.165) is 28.6 Å². The number of anilines is 1. The number of hydrogen-bond donors (Lipinski definition) is 2. The van der Waals surface area contributed by atoms with Crippen LogP contribution in [0.3, 0.4) is 0 Å². The smallest absolute Gasteiger partial charge is 0.193 e. The van der Waals surface area contributed by atoms with Gasteiger partial charge in [0.15, 0.2) is 5.96 Å². The molecule has 0 aliphatic heterocycles. The number of guanidine groups is 1. The number of hydrogen-bond acceptors (Lipinski definition) is 5. The molecule has 3 rings (SSSR count). The Morgan fingerprint density at radius 1 is 1.24 bits per heavy atom. The van der Waals surface area contributed by atoms with E-state index >= 15 is 0 Å². The molecule has 3 aromatic rings. The summed E-state index contributed by atoms with van der Waals surface area (Å²) in [6.07, 6.45) is 0.860. The Morgan fingerprint density at radius 2 is 2.04 bits per heavy atom. The third-order valence-electron chi connectivity index (χ3n) is 3.54. The molecule has 0 fully saturated rings. The van der Waals surface area contributed by atoms with E-state index in [-0.39, 0.29) is 0 Å². The van der Waals surface area contributed by atoms with Gasteiger partial charge in [0.2, 0.25) is 0 Å². The van der Waals surface area contributed by atoms with Crippen LogP contribution < -0.4 is 15.8 Å². The fourth-order valence-electron chi connectivity index (χ4n) is 2.27. The van der Waals surface area contributed by atoms with Gasteiger partial charge in [0, 0.05) is 28.9 Å². The predicted octanol–water partition coefficient (Wildman–Crippen LogP) is 4.16. The van der Waals surface area contributed by atoms with Crippen LogP contribution >= 0.6 is 22.7 Å². The number of methoxy groups -OCH3 is 1. The largest absolute Gasteiger partial charge is 0.497 e. The van der Waals surface area contributed by atoms with Crippen molar-refractivity contribution in [2.45, 2.75) is 13.3 Å². The summed E-state index contributed by atoms with van der Waals surface area (Å²) >= 11 is 3.43. The summed E-state index contributed by atoms with van der Waals surface area (Å²) in [5.74, 6) is 1.22. The molecule has 0 spiro atoms. The normalized spacial score (nSPS) is 11.5. The molecule has 25 heavy (non-hydrogen) atoms. The number of aromatic nitrogens is 1. The first-order valence-corrected chi connectivity index (χ1v) is 9.56. The van der Waals surface area contributed by atoms with Gasteiger partial charge in [-0.25, -0.2) is 4.98 Å². The van der Waals surface area contributed by atoms with Crippen molar-refractivity contribution in [2.24, 2.45) is 10.7 Å². The number of benzene rings is 1. The minimum Gasteiger partial charge on any atom is -0.497 e. The van der Waals surface area contributed by atoms with E-state index in [0.29, 0.717) is 12.5 Å². The number of nitrogens with one attached hydrogen (secondary N) is 1. The highest BCUT2D eigenvalue weighted by Gasteiger charge is 2.06. The van der Waals surface area contributed by atoms with Gasteiger partial charge < -0.3 is 15.8 Å². The fourth-order valence-corrected chi connectivity index (χ4v) is 3.92. The first-order chi connectivity index (χ1) is 12.1. The molecule has 0 bridgehead atoms. The van der Waals surface area contributed by atoms with Crippen molar-refractivity contribution < 1.29 is 4.74 Å². The molecular formula is C18H20N4OS2. The van der Waals surface area contributed by atoms with Crippen molar-refractivity contribution in [3.05, 3.63) is 51.7 Å². The molecule has 0 atom stereocenters. The lowest BCUT2D eigenvalue weighted by Crippen LogP contribution is -2.23. The van der Waals surface area contributed by atoms with Crippen LogP contribution in [0.4, 0.5) is 5.69 Å². The van der Waals surface area contributed by atoms with Crippen molar-refractivity contribution in [1.29, 1.82) is 0 Å². The average molecular weight is 373 g/mol. The van der Waals surface area contributed by atoms with Crippen LogP contribution in [-0.4, -0.2) is 24.6 Å². The first kappa shape index (κ1) is 17.4. The van der Waals surface area contributed by atoms with Crippen molar-refractivity contribution in [3.63, 3.8) is 0 Å². The third-order valence-corrected chi connectivity index (χ3v) is 5.48. The van der Waals surface area contributed by atoms with E-state index in [1.165, 1.54) is 9.75 Å². The highest BCUT2D eigenvalue weighted by atomic mass is 32.1. The molecule has 0 aliphatic rings. The number of aliphatic imine (C=N–C) groups is 1. The van der Waals surface area contributed by atoms with Gasteiger partial charge in [-0.1, -0.05) is 0 Å². The van der Waals surface area contributed by atoms with E-state index in [2.05, 4.69) is 32.8 Å². The highest BCUT2D eigenvalue weighted by molar-refractivity contribution is 7.16. The van der Waals surface area contributed by atoms with E-state index in [1.807, 2.05) is 31.2 Å². The Balaban J connectivity index is 1.52. The molecule has 7 heteroatoms. The van der Waals surface area contributed by atoms with Gasteiger partial charge in [-0.2, -0.15) is 0 Å². The molecule has 2 heterocycles. The lowest BCUT2D eigenvalue weighted by molar-refractivity contribution is 0.415. The standard InChI is InChI=1S/C18H20N4OS2/c1-12-21-16(11-24-12)17-8-7-15(25-17)9-10-20-18(19)22-13-3-5-14(23-2)6-4-13/h3-8,11H,9-10H2,1-2H3,(H3,19,20,22). The topological polar surface area (TPSA) is 72.5 Å². The summed E-state index contributed by atoms with van der Waals surface area (Å²) in [6, 6.07) is 11.8. The maximum absolute atomic E-state index is 5.94. The maximum Gasteiger partial charge on any atom is 0.193 e. The molecule has 0 aliphatic carbocycles. The van der Waals surface area contributed by atoms with Gasteiger partial charge in [-0.3, -0.25) is 4.99 Å². The minimum absolute atomic E-state index is 0.414. The summed E-state index contributed by atoms with van der Waals surface area (Å²) in [5.41, 5.74) is 7.89. The SMILES string of the molecule is COc1ccc(NC(N)=NCCc2ccc(-c3csc(C)n3)s2)cc1. The number of ether oxygens (including phenoxy) is 1. The second kappa shape index (κ2) is 8.13. The predicted molar refractivity (Wildman–Crippen MR) is 107 cm³/mol. The van der Waals surface area contributed by atoms with Crippen LogP contribution in [-0.2, 0) is 6.42 Å². The van der Waals surface area contributed by atoms with Gasteiger partial charge in [-0.15, -0.1) is 22.7 Å². The van der Waals surface area contributed by atoms with E-state index in [4.69, 9.17) is 10.5 Å². The quantitative estimate of drug-likeness (QED) is 0.503. The lowest BCUT2D eigenvalue weighted by Gasteiger charge is -2.06. The summed E-state index contributed by atoms with van der Waals surface area (Å²) in [6.45, 7) is 2.67. The van der Waals surface area contributed by atoms with E-state index in [9.17, 15) is 0 Å². The fraction of sp³-hybridized carbons (Fsp3) is 0.222. The zero-order valence-electron chi connectivity index (χ0n) is 14.2. The summed E-state index contributed by atoms with van der Waals surface area (Å²) in [7, 11) is 1.64. The molecule has 3 N–H and O–H groups in total. The molecule has 2 aromatic heterocycles. The number of aryl methyl sites for hydroxylation is 1. The Morgan fingerprint density at radius 3 is 2.72 bits per heavy atom. The Labute approximate surface area is 155 Å². The molecular weight excluding hydrogens is 352 g/mol. The van der Waals surface area contributed by atoms with Crippen LogP contribution in [0, 0.1) is 6.92 Å². The first-order valence-electron chi connectivity index (χ1n) is 7.86. The molecule has 1 aromatic carbocycles. The highest BCUT2D eigenvalue weighted by Crippen LogP contribution is 2.29. The van der Waals surface area contributed by atoms with Crippen LogP contribution in [0.15, 0.2) is 46.8 Å². The second-order valence-corrected chi connectivity index (χ2v) is 7.62. The van der Waals surface area contributed by atoms with Crippen molar-refractivity contribution in [2.75, 3.05) is 19.0 Å². The van der Waals surface area contributed by atoms with E-state index in [1.54, 1.807) is 29.8 Å². The van der Waals surface area contributed by atoms with Gasteiger partial charge in [-0.05, 0) is 43.3 Å². The van der Waals surface area contributed by atoms with Gasteiger partial charge >= 0.3 is 0 Å². The number of thiazole rings is 1. The molecule has 0 saturated heterocycles. The number of nitrogens with two attached hydrogens (primary N) is 1. The Kier molecular flexibility index (Phi) is 5.67. The Hall–Kier alpha value is -2.38. The van der Waals surface area contributed by atoms with Crippen molar-refractivity contribution >= 4 is 34.3 Å². The zero-order chi connectivity index (χ0) is 17.6. The Bertz CT molecular complexity index is 852. The van der Waals surface area contributed by atoms with Crippen LogP contribution in [0.5, 0.6) is 5.75 Å². The molecule has 0 saturated carbocycles. The average Bonchev–Trinajstić information content (AvgIpc) is 3.24. The summed E-state index contributed by atoms with van der Waals surface area (Å²) in [5, 5.41) is 6.27. The van der Waals surface area contributed by atoms with Gasteiger partial charge in [0.05, 0.1) is 22.7 Å². The van der Waals surface area contributed by atoms with Crippen molar-refractivity contribution in [1.82, 2.24) is 4.98 Å². The lowest BCUT2D eigenvalue weighted by atomic mass is 10.3. The van der Waals surface area contributed by atoms with Crippen LogP contribution in [0.2, 0.25) is 0 Å². The van der Waals surface area contributed by atoms with Crippen LogP contribution in [0.25, 0.3) is 10.6 Å². The number of rotatable bonds is 6. The summed E-state index contributed by atoms with van der Waals surface area (Å²) in [4.78, 5) is 11.4. The monoisotopic (exact) mass is 372 g/mol. The minimum atomic E-state index is 0.414. The third kappa shape index (κ3) is 4.80. The maximum atomic E-state index is 5.94. The van der Waals surface area contributed by atoms with E-state index < -0.39 is 0 Å². The van der Waals surface area contributed by atoms with Crippen molar-refractivity contribution in [3.8, 4) is 16.3 Å². The van der Waals surface area contributed by atoms with Crippen LogP contribution in [0.1, 0.15) is 9.88 Å². The number of thiophene rings is 1. The molecule has 0 unspecified atom stereocenters. The van der Waals surface area contributed by atoms with Gasteiger partial charge in [0.1, 0.15) is 5.75 Å². The molecule has 0 amide bonds. The summed E-state index contributed by atoms with van der Waals surface area (Å²) < 4.78 is 5.13. The second-order valence-electron chi connectivity index (χ2n) is 5.39. The van der Waals surface area contributed by atoms with Gasteiger partial charge in [0.25, 0.3) is 0 Å². The molecule has 5 nitrogen and oxygen atoms in total. The molecule has 130 valence electrons. The number of nitrogens with zero attached hydrogens (tertiary/aromatic N) is 2. The zero-order valence-corrected chi connectivity index (χ0v) is 15.8.